The van der Waals surface area contributed by atoms with Crippen molar-refractivity contribution in [3.8, 4) is 0 Å². The Morgan fingerprint density at radius 3 is 2.33 bits per heavy atom. The van der Waals surface area contributed by atoms with Crippen molar-refractivity contribution in [1.29, 1.82) is 0 Å². The third-order valence-electron chi connectivity index (χ3n) is 5.99. The second-order valence-electron chi connectivity index (χ2n) is 7.75. The quantitative estimate of drug-likeness (QED) is 0.799. The average molecular weight is 414 g/mol. The summed E-state index contributed by atoms with van der Waals surface area (Å²) < 4.78 is 28.1. The summed E-state index contributed by atoms with van der Waals surface area (Å²) in [6.45, 7) is 4.08. The molecule has 1 N–H and O–H groups in total. The van der Waals surface area contributed by atoms with Crippen molar-refractivity contribution in [2.24, 2.45) is 0 Å². The van der Waals surface area contributed by atoms with Gasteiger partial charge in [0.05, 0.1) is 4.90 Å². The lowest BCUT2D eigenvalue weighted by Crippen LogP contribution is -2.59. The fourth-order valence-electron chi connectivity index (χ4n) is 4.49. The van der Waals surface area contributed by atoms with Crippen molar-refractivity contribution in [2.45, 2.75) is 56.0 Å². The summed E-state index contributed by atoms with van der Waals surface area (Å²) in [5.41, 5.74) is 2.22. The van der Waals surface area contributed by atoms with Crippen LogP contribution in [0.5, 0.6) is 0 Å². The summed E-state index contributed by atoms with van der Waals surface area (Å²) in [6.07, 6.45) is 4.78. The SMILES string of the molecule is CC(=O)N1CCc2ccc(S(=O)(=O)N3CC4CCCC(C3)N4)cc2CC1.Cl. The van der Waals surface area contributed by atoms with E-state index < -0.39 is 10.0 Å². The predicted molar refractivity (Wildman–Crippen MR) is 107 cm³/mol. The molecule has 1 aromatic carbocycles. The lowest BCUT2D eigenvalue weighted by molar-refractivity contribution is -0.128. The molecule has 4 rings (SSSR count). The maximum Gasteiger partial charge on any atom is 0.243 e. The summed E-state index contributed by atoms with van der Waals surface area (Å²) >= 11 is 0. The first kappa shape index (κ1) is 20.6. The van der Waals surface area contributed by atoms with Crippen LogP contribution in [-0.4, -0.2) is 61.8 Å². The number of hydrogen-bond acceptors (Lipinski definition) is 4. The van der Waals surface area contributed by atoms with Gasteiger partial charge >= 0.3 is 0 Å². The van der Waals surface area contributed by atoms with Crippen LogP contribution >= 0.6 is 12.4 Å². The number of hydrogen-bond donors (Lipinski definition) is 1. The molecule has 2 fully saturated rings. The van der Waals surface area contributed by atoms with E-state index in [4.69, 9.17) is 0 Å². The van der Waals surface area contributed by atoms with Crippen LogP contribution in [0.3, 0.4) is 0 Å². The third kappa shape index (κ3) is 4.16. The number of nitrogens with one attached hydrogen (secondary N) is 1. The molecule has 8 heteroatoms. The topological polar surface area (TPSA) is 69.7 Å². The largest absolute Gasteiger partial charge is 0.342 e. The maximum absolute atomic E-state index is 13.2. The zero-order chi connectivity index (χ0) is 18.3. The molecule has 2 bridgehead atoms. The van der Waals surface area contributed by atoms with Crippen LogP contribution in [-0.2, 0) is 27.7 Å². The van der Waals surface area contributed by atoms with Crippen molar-refractivity contribution in [3.05, 3.63) is 29.3 Å². The van der Waals surface area contributed by atoms with E-state index in [2.05, 4.69) is 5.32 Å². The minimum absolute atomic E-state index is 0. The molecule has 150 valence electrons. The van der Waals surface area contributed by atoms with Crippen molar-refractivity contribution >= 4 is 28.3 Å². The van der Waals surface area contributed by atoms with Crippen LogP contribution < -0.4 is 5.32 Å². The zero-order valence-corrected chi connectivity index (χ0v) is 17.3. The van der Waals surface area contributed by atoms with Crippen LogP contribution in [0.25, 0.3) is 0 Å². The van der Waals surface area contributed by atoms with Gasteiger partial charge in [-0.15, -0.1) is 12.4 Å². The molecule has 1 amide bonds. The second-order valence-corrected chi connectivity index (χ2v) is 9.69. The van der Waals surface area contributed by atoms with Crippen LogP contribution in [0.15, 0.2) is 23.1 Å². The van der Waals surface area contributed by atoms with Crippen molar-refractivity contribution in [2.75, 3.05) is 26.2 Å². The van der Waals surface area contributed by atoms with Gasteiger partial charge in [-0.2, -0.15) is 4.31 Å². The number of piperazine rings is 1. The molecule has 0 spiro atoms. The monoisotopic (exact) mass is 413 g/mol. The Bertz CT molecular complexity index is 802. The molecule has 27 heavy (non-hydrogen) atoms. The highest BCUT2D eigenvalue weighted by atomic mass is 35.5. The van der Waals surface area contributed by atoms with E-state index in [1.54, 1.807) is 17.3 Å². The number of rotatable bonds is 2. The van der Waals surface area contributed by atoms with E-state index in [0.717, 1.165) is 30.4 Å². The van der Waals surface area contributed by atoms with E-state index in [1.165, 1.54) is 6.42 Å². The molecule has 0 saturated carbocycles. The summed E-state index contributed by atoms with van der Waals surface area (Å²) in [4.78, 5) is 13.9. The number of carbonyl (C=O) groups is 1. The highest BCUT2D eigenvalue weighted by molar-refractivity contribution is 7.89. The van der Waals surface area contributed by atoms with Gasteiger partial charge in [0, 0.05) is 45.2 Å². The second kappa shape index (κ2) is 8.07. The molecule has 2 unspecified atom stereocenters. The van der Waals surface area contributed by atoms with Gasteiger partial charge in [0.15, 0.2) is 0 Å². The van der Waals surface area contributed by atoms with Gasteiger partial charge in [-0.3, -0.25) is 4.79 Å². The number of fused-ring (bicyclic) bond motifs is 3. The highest BCUT2D eigenvalue weighted by Gasteiger charge is 2.36. The summed E-state index contributed by atoms with van der Waals surface area (Å²) in [5, 5.41) is 3.54. The molecular weight excluding hydrogens is 386 g/mol. The number of amides is 1. The van der Waals surface area contributed by atoms with Crippen molar-refractivity contribution in [3.63, 3.8) is 0 Å². The lowest BCUT2D eigenvalue weighted by atomic mass is 9.96. The summed E-state index contributed by atoms with van der Waals surface area (Å²) in [7, 11) is -3.47. The Balaban J connectivity index is 0.00000210. The Hall–Kier alpha value is -1.15. The van der Waals surface area contributed by atoms with E-state index in [9.17, 15) is 13.2 Å². The van der Waals surface area contributed by atoms with Gasteiger partial charge in [-0.05, 0) is 48.9 Å². The Morgan fingerprint density at radius 1 is 1.07 bits per heavy atom. The first-order valence-corrected chi connectivity index (χ1v) is 11.0. The molecule has 6 nitrogen and oxygen atoms in total. The average Bonchev–Trinajstić information content (AvgIpc) is 2.83. The van der Waals surface area contributed by atoms with Gasteiger partial charge < -0.3 is 10.2 Å². The van der Waals surface area contributed by atoms with Crippen LogP contribution in [0.2, 0.25) is 0 Å². The standard InChI is InChI=1S/C19H27N3O3S.ClH/c1-14(23)21-9-7-15-5-6-19(11-16(15)8-10-21)26(24,25)22-12-17-3-2-4-18(13-22)20-17;/h5-6,11,17-18,20H,2-4,7-10,12-13H2,1H3;1H. The van der Waals surface area contributed by atoms with Crippen LogP contribution in [0.1, 0.15) is 37.3 Å². The van der Waals surface area contributed by atoms with Crippen LogP contribution in [0.4, 0.5) is 0 Å². The lowest BCUT2D eigenvalue weighted by Gasteiger charge is -2.41. The minimum atomic E-state index is -3.47. The zero-order valence-electron chi connectivity index (χ0n) is 15.7. The van der Waals surface area contributed by atoms with Gasteiger partial charge in [-0.25, -0.2) is 8.42 Å². The van der Waals surface area contributed by atoms with E-state index >= 15 is 0 Å². The van der Waals surface area contributed by atoms with E-state index in [0.29, 0.717) is 37.5 Å². The smallest absolute Gasteiger partial charge is 0.243 e. The van der Waals surface area contributed by atoms with Gasteiger partial charge in [0.25, 0.3) is 0 Å². The molecule has 1 aromatic rings. The number of nitrogens with zero attached hydrogens (tertiary/aromatic N) is 2. The van der Waals surface area contributed by atoms with Crippen LogP contribution in [0, 0.1) is 0 Å². The fourth-order valence-corrected chi connectivity index (χ4v) is 6.07. The third-order valence-corrected chi connectivity index (χ3v) is 7.82. The van der Waals surface area contributed by atoms with Crippen molar-refractivity contribution < 1.29 is 13.2 Å². The Morgan fingerprint density at radius 2 is 1.70 bits per heavy atom. The molecule has 3 heterocycles. The first-order valence-electron chi connectivity index (χ1n) is 9.57. The van der Waals surface area contributed by atoms with Gasteiger partial charge in [-0.1, -0.05) is 12.5 Å². The fraction of sp³-hybridized carbons (Fsp3) is 0.632. The van der Waals surface area contributed by atoms with Gasteiger partial charge in [0.2, 0.25) is 15.9 Å². The van der Waals surface area contributed by atoms with Crippen molar-refractivity contribution in [1.82, 2.24) is 14.5 Å². The van der Waals surface area contributed by atoms with E-state index in [-0.39, 0.29) is 30.4 Å². The van der Waals surface area contributed by atoms with E-state index in [1.807, 2.05) is 17.0 Å². The molecule has 2 atom stereocenters. The molecule has 3 aliphatic heterocycles. The number of halogens is 1. The molecule has 2 saturated heterocycles. The molecule has 3 aliphatic rings. The normalized spacial score (nSPS) is 25.9. The molecule has 0 aliphatic carbocycles. The molecular formula is C19H28ClN3O3S. The minimum Gasteiger partial charge on any atom is -0.342 e. The van der Waals surface area contributed by atoms with Gasteiger partial charge in [0.1, 0.15) is 0 Å². The Labute approximate surface area is 167 Å². The predicted octanol–water partition coefficient (Wildman–Crippen LogP) is 1.57. The first-order chi connectivity index (χ1) is 12.4. The number of piperidine rings is 1. The highest BCUT2D eigenvalue weighted by Crippen LogP contribution is 2.27. The number of sulfonamides is 1. The summed E-state index contributed by atoms with van der Waals surface area (Å²) in [5.74, 6) is 0.0815. The maximum atomic E-state index is 13.2. The summed E-state index contributed by atoms with van der Waals surface area (Å²) in [6, 6.07) is 6.08. The number of carbonyl (C=O) groups excluding carboxylic acids is 1. The molecule has 0 radical (unpaired) electrons. The Kier molecular flexibility index (Phi) is 6.15. The number of benzene rings is 1. The molecule has 0 aromatic heterocycles.